The molecule has 0 unspecified atom stereocenters. The molecule has 3 N–H and O–H groups in total. The zero-order valence-corrected chi connectivity index (χ0v) is 13.7. The van der Waals surface area contributed by atoms with Gasteiger partial charge in [0.1, 0.15) is 17.3 Å². The molecule has 0 radical (unpaired) electrons. The van der Waals surface area contributed by atoms with Crippen LogP contribution in [0.15, 0.2) is 30.3 Å². The van der Waals surface area contributed by atoms with Gasteiger partial charge >= 0.3 is 0 Å². The maximum absolute atomic E-state index is 13.2. The SMILES string of the molecule is Cc1c(C)c(O)c(-c2ccc(F)cc2)c(C=CC(C)(C)O)c1O. The van der Waals surface area contributed by atoms with Gasteiger partial charge in [0.05, 0.1) is 5.60 Å². The minimum atomic E-state index is -1.07. The van der Waals surface area contributed by atoms with Crippen LogP contribution in [-0.2, 0) is 0 Å². The molecule has 0 spiro atoms. The van der Waals surface area contributed by atoms with E-state index < -0.39 is 5.60 Å². The van der Waals surface area contributed by atoms with Crippen LogP contribution >= 0.6 is 0 Å². The number of benzene rings is 2. The summed E-state index contributed by atoms with van der Waals surface area (Å²) in [7, 11) is 0. The van der Waals surface area contributed by atoms with E-state index in [1.807, 2.05) is 0 Å². The van der Waals surface area contributed by atoms with E-state index in [1.54, 1.807) is 45.9 Å². The monoisotopic (exact) mass is 316 g/mol. The predicted octanol–water partition coefficient (Wildman–Crippen LogP) is 4.30. The number of aliphatic hydroxyl groups is 1. The molecule has 122 valence electrons. The first-order chi connectivity index (χ1) is 10.6. The van der Waals surface area contributed by atoms with Crippen LogP contribution in [0.1, 0.15) is 30.5 Å². The van der Waals surface area contributed by atoms with Gasteiger partial charge in [-0.05, 0) is 56.5 Å². The Morgan fingerprint density at radius 3 is 2.00 bits per heavy atom. The fourth-order valence-corrected chi connectivity index (χ4v) is 2.35. The normalized spacial score (nSPS) is 12.1. The molecule has 0 saturated heterocycles. The first-order valence-electron chi connectivity index (χ1n) is 7.34. The average molecular weight is 316 g/mol. The highest BCUT2D eigenvalue weighted by Gasteiger charge is 2.20. The van der Waals surface area contributed by atoms with Crippen LogP contribution in [0, 0.1) is 19.7 Å². The minimum Gasteiger partial charge on any atom is -0.507 e. The number of phenolic OH excluding ortho intramolecular Hbond substituents is 2. The summed E-state index contributed by atoms with van der Waals surface area (Å²) in [5, 5.41) is 30.9. The summed E-state index contributed by atoms with van der Waals surface area (Å²) in [4.78, 5) is 0. The molecule has 0 bridgehead atoms. The van der Waals surface area contributed by atoms with Crippen LogP contribution in [-0.4, -0.2) is 20.9 Å². The summed E-state index contributed by atoms with van der Waals surface area (Å²) in [5.41, 5.74) is 1.43. The van der Waals surface area contributed by atoms with E-state index in [9.17, 15) is 19.7 Å². The van der Waals surface area contributed by atoms with Crippen molar-refractivity contribution in [2.75, 3.05) is 0 Å². The molecule has 0 aliphatic carbocycles. The number of aromatic hydroxyl groups is 2. The molecular formula is C19H21FO3. The Morgan fingerprint density at radius 1 is 0.957 bits per heavy atom. The molecule has 23 heavy (non-hydrogen) atoms. The lowest BCUT2D eigenvalue weighted by Crippen LogP contribution is -2.13. The van der Waals surface area contributed by atoms with Gasteiger partial charge in [-0.25, -0.2) is 4.39 Å². The minimum absolute atomic E-state index is 0.0279. The van der Waals surface area contributed by atoms with E-state index in [4.69, 9.17) is 0 Å². The third kappa shape index (κ3) is 3.54. The molecule has 2 aromatic carbocycles. The highest BCUT2D eigenvalue weighted by molar-refractivity contribution is 5.85. The van der Waals surface area contributed by atoms with Gasteiger partial charge in [-0.1, -0.05) is 24.3 Å². The Bertz CT molecular complexity index is 754. The third-order valence-corrected chi connectivity index (χ3v) is 3.82. The fourth-order valence-electron chi connectivity index (χ4n) is 2.35. The lowest BCUT2D eigenvalue weighted by atomic mass is 9.91. The average Bonchev–Trinajstić information content (AvgIpc) is 2.47. The topological polar surface area (TPSA) is 60.7 Å². The Balaban J connectivity index is 2.77. The van der Waals surface area contributed by atoms with E-state index in [-0.39, 0.29) is 17.3 Å². The van der Waals surface area contributed by atoms with Crippen molar-refractivity contribution in [2.45, 2.75) is 33.3 Å². The molecule has 0 aliphatic rings. The maximum atomic E-state index is 13.2. The summed E-state index contributed by atoms with van der Waals surface area (Å²) in [6.45, 7) is 6.64. The number of hydrogen-bond acceptors (Lipinski definition) is 3. The van der Waals surface area contributed by atoms with Crippen molar-refractivity contribution >= 4 is 6.08 Å². The van der Waals surface area contributed by atoms with Gasteiger partial charge in [-0.3, -0.25) is 0 Å². The summed E-state index contributed by atoms with van der Waals surface area (Å²) in [5.74, 6) is -0.322. The highest BCUT2D eigenvalue weighted by Crippen LogP contribution is 2.43. The lowest BCUT2D eigenvalue weighted by molar-refractivity contribution is 0.134. The third-order valence-electron chi connectivity index (χ3n) is 3.82. The molecule has 0 fully saturated rings. The first-order valence-corrected chi connectivity index (χ1v) is 7.34. The molecule has 0 heterocycles. The molecular weight excluding hydrogens is 295 g/mol. The highest BCUT2D eigenvalue weighted by atomic mass is 19.1. The molecule has 4 heteroatoms. The van der Waals surface area contributed by atoms with Gasteiger partial charge in [-0.15, -0.1) is 0 Å². The number of hydrogen-bond donors (Lipinski definition) is 3. The maximum Gasteiger partial charge on any atom is 0.127 e. The molecule has 0 atom stereocenters. The first kappa shape index (κ1) is 17.0. The van der Waals surface area contributed by atoms with Crippen molar-refractivity contribution in [3.63, 3.8) is 0 Å². The second kappa shape index (κ2) is 6.05. The number of phenols is 2. The van der Waals surface area contributed by atoms with Crippen LogP contribution < -0.4 is 0 Å². The van der Waals surface area contributed by atoms with Crippen molar-refractivity contribution < 1.29 is 19.7 Å². The van der Waals surface area contributed by atoms with Crippen LogP contribution in [0.25, 0.3) is 17.2 Å². The van der Waals surface area contributed by atoms with E-state index in [2.05, 4.69) is 0 Å². The van der Waals surface area contributed by atoms with Gasteiger partial charge in [-0.2, -0.15) is 0 Å². The standard InChI is InChI=1S/C19H21FO3/c1-11-12(2)18(22)16(13-5-7-14(20)8-6-13)15(17(11)21)9-10-19(3,4)23/h5-10,21-23H,1-4H3. The Kier molecular flexibility index (Phi) is 4.48. The summed E-state index contributed by atoms with van der Waals surface area (Å²) in [6, 6.07) is 5.68. The summed E-state index contributed by atoms with van der Waals surface area (Å²) < 4.78 is 13.2. The van der Waals surface area contributed by atoms with Crippen LogP contribution in [0.4, 0.5) is 4.39 Å². The Labute approximate surface area is 135 Å². The van der Waals surface area contributed by atoms with Crippen molar-refractivity contribution in [1.82, 2.24) is 0 Å². The second-order valence-corrected chi connectivity index (χ2v) is 6.23. The van der Waals surface area contributed by atoms with Crippen molar-refractivity contribution in [1.29, 1.82) is 0 Å². The number of halogens is 1. The predicted molar refractivity (Wildman–Crippen MR) is 90.0 cm³/mol. The van der Waals surface area contributed by atoms with Crippen LogP contribution in [0.5, 0.6) is 11.5 Å². The zero-order chi connectivity index (χ0) is 17.4. The molecule has 0 aliphatic heterocycles. The fraction of sp³-hybridized carbons (Fsp3) is 0.263. The van der Waals surface area contributed by atoms with Crippen LogP contribution in [0.3, 0.4) is 0 Å². The quantitative estimate of drug-likeness (QED) is 0.740. The Morgan fingerprint density at radius 2 is 1.48 bits per heavy atom. The summed E-state index contributed by atoms with van der Waals surface area (Å²) >= 11 is 0. The summed E-state index contributed by atoms with van der Waals surface area (Å²) in [6.07, 6.45) is 3.10. The molecule has 3 nitrogen and oxygen atoms in total. The zero-order valence-electron chi connectivity index (χ0n) is 13.7. The van der Waals surface area contributed by atoms with Gasteiger partial charge in [0, 0.05) is 11.1 Å². The molecule has 0 aromatic heterocycles. The smallest absolute Gasteiger partial charge is 0.127 e. The van der Waals surface area contributed by atoms with Gasteiger partial charge in [0.15, 0.2) is 0 Å². The molecule has 0 saturated carbocycles. The molecule has 2 rings (SSSR count). The van der Waals surface area contributed by atoms with Gasteiger partial charge in [0.25, 0.3) is 0 Å². The van der Waals surface area contributed by atoms with E-state index in [1.165, 1.54) is 18.2 Å². The van der Waals surface area contributed by atoms with Crippen molar-refractivity contribution in [3.05, 3.63) is 52.8 Å². The second-order valence-electron chi connectivity index (χ2n) is 6.23. The van der Waals surface area contributed by atoms with Crippen molar-refractivity contribution in [2.24, 2.45) is 0 Å². The van der Waals surface area contributed by atoms with Crippen molar-refractivity contribution in [3.8, 4) is 22.6 Å². The molecule has 0 amide bonds. The van der Waals surface area contributed by atoms with E-state index >= 15 is 0 Å². The van der Waals surface area contributed by atoms with E-state index in [0.717, 1.165) is 0 Å². The van der Waals surface area contributed by atoms with Gasteiger partial charge in [0.2, 0.25) is 0 Å². The molecule has 2 aromatic rings. The van der Waals surface area contributed by atoms with Crippen LogP contribution in [0.2, 0.25) is 0 Å². The lowest BCUT2D eigenvalue weighted by Gasteiger charge is -2.18. The Hall–Kier alpha value is -2.33. The largest absolute Gasteiger partial charge is 0.507 e. The number of rotatable bonds is 3. The van der Waals surface area contributed by atoms with Gasteiger partial charge < -0.3 is 15.3 Å². The van der Waals surface area contributed by atoms with E-state index in [0.29, 0.717) is 27.8 Å².